The summed E-state index contributed by atoms with van der Waals surface area (Å²) in [4.78, 5) is 24.1. The summed E-state index contributed by atoms with van der Waals surface area (Å²) in [5.74, 6) is 0.241. The Hall–Kier alpha value is -3.45. The van der Waals surface area contributed by atoms with Crippen LogP contribution < -0.4 is 14.9 Å². The largest absolute Gasteiger partial charge is 0.484 e. The third-order valence-electron chi connectivity index (χ3n) is 4.39. The van der Waals surface area contributed by atoms with Gasteiger partial charge in [0.2, 0.25) is 0 Å². The van der Waals surface area contributed by atoms with E-state index < -0.39 is 5.97 Å². The monoisotopic (exact) mass is 494 g/mol. The maximum absolute atomic E-state index is 12.2. The van der Waals surface area contributed by atoms with Crippen molar-refractivity contribution >= 4 is 34.0 Å². The Labute approximate surface area is 195 Å². The molecule has 164 valence electrons. The molecule has 0 heterocycles. The molecule has 0 fully saturated rings. The van der Waals surface area contributed by atoms with Crippen LogP contribution in [-0.2, 0) is 11.2 Å². The molecule has 3 aromatic rings. The minimum Gasteiger partial charge on any atom is -0.484 e. The maximum Gasteiger partial charge on any atom is 0.343 e. The molecule has 32 heavy (non-hydrogen) atoms. The van der Waals surface area contributed by atoms with Crippen LogP contribution in [0.25, 0.3) is 0 Å². The minimum atomic E-state index is -0.444. The first-order chi connectivity index (χ1) is 15.5. The molecular weight excluding hydrogens is 472 g/mol. The fourth-order valence-corrected chi connectivity index (χ4v) is 3.20. The van der Waals surface area contributed by atoms with E-state index >= 15 is 0 Å². The number of halogens is 1. The number of hydrogen-bond donors (Lipinski definition) is 1. The van der Waals surface area contributed by atoms with Crippen LogP contribution in [0.5, 0.6) is 11.5 Å². The molecule has 0 saturated carbocycles. The van der Waals surface area contributed by atoms with E-state index in [9.17, 15) is 9.59 Å². The lowest BCUT2D eigenvalue weighted by Crippen LogP contribution is -2.24. The fourth-order valence-electron chi connectivity index (χ4n) is 2.80. The number of nitrogens with zero attached hydrogens (tertiary/aromatic N) is 1. The highest BCUT2D eigenvalue weighted by Crippen LogP contribution is 2.16. The highest BCUT2D eigenvalue weighted by atomic mass is 79.9. The third-order valence-corrected chi connectivity index (χ3v) is 4.88. The van der Waals surface area contributed by atoms with Gasteiger partial charge in [-0.2, -0.15) is 5.10 Å². The summed E-state index contributed by atoms with van der Waals surface area (Å²) in [6.07, 6.45) is 3.60. The Balaban J connectivity index is 1.44. The van der Waals surface area contributed by atoms with Gasteiger partial charge in [0.15, 0.2) is 6.61 Å². The molecule has 0 aliphatic rings. The van der Waals surface area contributed by atoms with Gasteiger partial charge in [-0.05, 0) is 72.1 Å². The standard InChI is InChI=1S/C25H23BrN2O4/c1-2-4-18-7-11-22(12-8-18)31-17-24(29)28-27-16-19-9-13-23(14-10-19)32-25(30)20-5-3-6-21(26)15-20/h3,5-16H,2,4,17H2,1H3,(H,28,29)/b27-16-. The summed E-state index contributed by atoms with van der Waals surface area (Å²) in [6.45, 7) is 2.00. The Bertz CT molecular complexity index is 1080. The second-order valence-corrected chi connectivity index (χ2v) is 7.86. The number of esters is 1. The number of carbonyl (C=O) groups excluding carboxylic acids is 2. The lowest BCUT2D eigenvalue weighted by molar-refractivity contribution is -0.123. The molecule has 1 amide bonds. The molecule has 0 atom stereocenters. The molecule has 0 aromatic heterocycles. The molecule has 6 nitrogen and oxygen atoms in total. The quantitative estimate of drug-likeness (QED) is 0.193. The van der Waals surface area contributed by atoms with Crippen LogP contribution in [0, 0.1) is 0 Å². The number of aryl methyl sites for hydroxylation is 1. The lowest BCUT2D eigenvalue weighted by Gasteiger charge is -2.06. The molecule has 0 aliphatic carbocycles. The molecule has 0 unspecified atom stereocenters. The third kappa shape index (κ3) is 7.35. The van der Waals surface area contributed by atoms with Crippen molar-refractivity contribution in [1.82, 2.24) is 5.43 Å². The number of hydrazone groups is 1. The van der Waals surface area contributed by atoms with Gasteiger partial charge in [-0.25, -0.2) is 10.2 Å². The lowest BCUT2D eigenvalue weighted by atomic mass is 10.1. The predicted molar refractivity (Wildman–Crippen MR) is 127 cm³/mol. The van der Waals surface area contributed by atoms with Crippen LogP contribution in [0.2, 0.25) is 0 Å². The summed E-state index contributed by atoms with van der Waals surface area (Å²) in [6, 6.07) is 21.4. The Kier molecular flexibility index (Phi) is 8.57. The first-order valence-electron chi connectivity index (χ1n) is 10.1. The van der Waals surface area contributed by atoms with Crippen LogP contribution in [-0.4, -0.2) is 24.7 Å². The number of amides is 1. The van der Waals surface area contributed by atoms with E-state index in [1.165, 1.54) is 11.8 Å². The molecule has 0 saturated heterocycles. The molecule has 1 N–H and O–H groups in total. The molecule has 3 aromatic carbocycles. The van der Waals surface area contributed by atoms with Gasteiger partial charge in [0.1, 0.15) is 11.5 Å². The van der Waals surface area contributed by atoms with Crippen molar-refractivity contribution in [2.45, 2.75) is 19.8 Å². The highest BCUT2D eigenvalue weighted by molar-refractivity contribution is 9.10. The summed E-state index contributed by atoms with van der Waals surface area (Å²) in [5.41, 5.74) is 4.85. The van der Waals surface area contributed by atoms with Crippen LogP contribution in [0.15, 0.2) is 82.4 Å². The topological polar surface area (TPSA) is 77.0 Å². The van der Waals surface area contributed by atoms with Crippen molar-refractivity contribution in [2.75, 3.05) is 6.61 Å². The van der Waals surface area contributed by atoms with E-state index in [-0.39, 0.29) is 12.5 Å². The molecule has 7 heteroatoms. The molecule has 0 aliphatic heterocycles. The van der Waals surface area contributed by atoms with Crippen molar-refractivity contribution < 1.29 is 19.1 Å². The number of rotatable bonds is 9. The van der Waals surface area contributed by atoms with E-state index in [1.807, 2.05) is 30.3 Å². The fraction of sp³-hybridized carbons (Fsp3) is 0.160. The van der Waals surface area contributed by atoms with Crippen molar-refractivity contribution in [3.8, 4) is 11.5 Å². The van der Waals surface area contributed by atoms with E-state index in [4.69, 9.17) is 9.47 Å². The minimum absolute atomic E-state index is 0.130. The molecular formula is C25H23BrN2O4. The van der Waals surface area contributed by atoms with Gasteiger partial charge in [0.05, 0.1) is 11.8 Å². The average Bonchev–Trinajstić information content (AvgIpc) is 2.80. The van der Waals surface area contributed by atoms with E-state index in [0.717, 1.165) is 22.9 Å². The number of nitrogens with one attached hydrogen (secondary N) is 1. The zero-order valence-electron chi connectivity index (χ0n) is 17.6. The Morgan fingerprint density at radius 2 is 1.72 bits per heavy atom. The van der Waals surface area contributed by atoms with Crippen molar-refractivity contribution in [2.24, 2.45) is 5.10 Å². The average molecular weight is 495 g/mol. The Morgan fingerprint density at radius 1 is 1.00 bits per heavy atom. The summed E-state index contributed by atoms with van der Waals surface area (Å²) >= 11 is 3.33. The van der Waals surface area contributed by atoms with Crippen molar-refractivity contribution in [3.63, 3.8) is 0 Å². The zero-order valence-corrected chi connectivity index (χ0v) is 19.2. The summed E-state index contributed by atoms with van der Waals surface area (Å²) in [7, 11) is 0. The van der Waals surface area contributed by atoms with Gasteiger partial charge >= 0.3 is 5.97 Å². The van der Waals surface area contributed by atoms with Crippen LogP contribution >= 0.6 is 15.9 Å². The highest BCUT2D eigenvalue weighted by Gasteiger charge is 2.08. The van der Waals surface area contributed by atoms with Gasteiger partial charge in [0, 0.05) is 4.47 Å². The molecule has 0 radical (unpaired) electrons. The van der Waals surface area contributed by atoms with Crippen LogP contribution in [0.3, 0.4) is 0 Å². The number of ether oxygens (including phenoxy) is 2. The van der Waals surface area contributed by atoms with E-state index in [2.05, 4.69) is 33.4 Å². The number of carbonyl (C=O) groups is 2. The second kappa shape index (κ2) is 11.8. The smallest absolute Gasteiger partial charge is 0.343 e. The van der Waals surface area contributed by atoms with Crippen molar-refractivity contribution in [1.29, 1.82) is 0 Å². The summed E-state index contributed by atoms with van der Waals surface area (Å²) < 4.78 is 11.6. The maximum atomic E-state index is 12.2. The van der Waals surface area contributed by atoms with E-state index in [0.29, 0.717) is 17.1 Å². The molecule has 0 bridgehead atoms. The summed E-state index contributed by atoms with van der Waals surface area (Å²) in [5, 5.41) is 3.92. The normalized spacial score (nSPS) is 10.7. The van der Waals surface area contributed by atoms with Crippen LogP contribution in [0.1, 0.15) is 34.8 Å². The number of benzene rings is 3. The first-order valence-corrected chi connectivity index (χ1v) is 10.9. The van der Waals surface area contributed by atoms with Gasteiger partial charge < -0.3 is 9.47 Å². The number of hydrogen-bond acceptors (Lipinski definition) is 5. The van der Waals surface area contributed by atoms with Gasteiger partial charge in [0.25, 0.3) is 5.91 Å². The van der Waals surface area contributed by atoms with Crippen LogP contribution in [0.4, 0.5) is 0 Å². The SMILES string of the molecule is CCCc1ccc(OCC(=O)N/N=C\c2ccc(OC(=O)c3cccc(Br)c3)cc2)cc1. The van der Waals surface area contributed by atoms with E-state index in [1.54, 1.807) is 42.5 Å². The van der Waals surface area contributed by atoms with Gasteiger partial charge in [-0.3, -0.25) is 4.79 Å². The first kappa shape index (κ1) is 23.2. The van der Waals surface area contributed by atoms with Gasteiger partial charge in [-0.1, -0.05) is 47.5 Å². The second-order valence-electron chi connectivity index (χ2n) is 6.94. The molecule has 0 spiro atoms. The predicted octanol–water partition coefficient (Wildman–Crippen LogP) is 5.15. The van der Waals surface area contributed by atoms with Gasteiger partial charge in [-0.15, -0.1) is 0 Å². The molecule has 3 rings (SSSR count). The Morgan fingerprint density at radius 3 is 2.41 bits per heavy atom. The van der Waals surface area contributed by atoms with Crippen molar-refractivity contribution in [3.05, 3.63) is 94.0 Å². The zero-order chi connectivity index (χ0) is 22.8.